The molecule has 24 heavy (non-hydrogen) atoms. The van der Waals surface area contributed by atoms with Gasteiger partial charge in [0, 0.05) is 18.0 Å². The molecule has 2 fully saturated rings. The lowest BCUT2D eigenvalue weighted by Crippen LogP contribution is -2.35. The Morgan fingerprint density at radius 3 is 2.67 bits per heavy atom. The van der Waals surface area contributed by atoms with Crippen molar-refractivity contribution in [3.63, 3.8) is 0 Å². The van der Waals surface area contributed by atoms with Gasteiger partial charge in [0.05, 0.1) is 0 Å². The number of carbonyl (C=O) groups excluding carboxylic acids is 1. The van der Waals surface area contributed by atoms with Crippen LogP contribution in [0.2, 0.25) is 0 Å². The summed E-state index contributed by atoms with van der Waals surface area (Å²) in [7, 11) is 0. The van der Waals surface area contributed by atoms with Crippen LogP contribution in [0, 0.1) is 5.82 Å². The Morgan fingerprint density at radius 1 is 1.12 bits per heavy atom. The third-order valence-corrected chi connectivity index (χ3v) is 4.79. The quantitative estimate of drug-likeness (QED) is 0.858. The van der Waals surface area contributed by atoms with E-state index in [9.17, 15) is 9.18 Å². The number of nitrogens with zero attached hydrogens (tertiary/aromatic N) is 3. The van der Waals surface area contributed by atoms with Crippen molar-refractivity contribution >= 4 is 5.91 Å². The molecule has 1 amide bonds. The second kappa shape index (κ2) is 6.34. The fourth-order valence-corrected chi connectivity index (χ4v) is 3.26. The Bertz CT molecular complexity index is 724. The topological polar surface area (TPSA) is 59.2 Å². The van der Waals surface area contributed by atoms with Gasteiger partial charge in [0.2, 0.25) is 5.89 Å². The lowest BCUT2D eigenvalue weighted by atomic mass is 10.1. The van der Waals surface area contributed by atoms with Crippen LogP contribution in [0.5, 0.6) is 0 Å². The zero-order valence-electron chi connectivity index (χ0n) is 13.4. The molecule has 1 aliphatic heterocycles. The van der Waals surface area contributed by atoms with E-state index in [0.717, 1.165) is 44.3 Å². The van der Waals surface area contributed by atoms with E-state index in [-0.39, 0.29) is 17.8 Å². The molecule has 1 aromatic heterocycles. The SMILES string of the molecule is O=C(c1ccc(F)cc1)N1CCCCCC1c1nc(C2CC2)no1. The summed E-state index contributed by atoms with van der Waals surface area (Å²) in [5.41, 5.74) is 0.491. The monoisotopic (exact) mass is 329 g/mol. The van der Waals surface area contributed by atoms with E-state index in [2.05, 4.69) is 10.1 Å². The first kappa shape index (κ1) is 15.3. The first-order valence-corrected chi connectivity index (χ1v) is 8.62. The third kappa shape index (κ3) is 3.05. The van der Waals surface area contributed by atoms with Gasteiger partial charge in [-0.05, 0) is 49.9 Å². The molecule has 1 aliphatic carbocycles. The van der Waals surface area contributed by atoms with Gasteiger partial charge in [-0.1, -0.05) is 18.0 Å². The minimum absolute atomic E-state index is 0.104. The van der Waals surface area contributed by atoms with E-state index in [1.54, 1.807) is 0 Å². The lowest BCUT2D eigenvalue weighted by Gasteiger charge is -2.27. The molecule has 5 nitrogen and oxygen atoms in total. The maximum atomic E-state index is 13.1. The number of hydrogen-bond donors (Lipinski definition) is 0. The first-order chi connectivity index (χ1) is 11.7. The highest BCUT2D eigenvalue weighted by molar-refractivity contribution is 5.94. The van der Waals surface area contributed by atoms with Gasteiger partial charge in [-0.2, -0.15) is 4.98 Å². The van der Waals surface area contributed by atoms with Crippen molar-refractivity contribution in [2.24, 2.45) is 0 Å². The Kier molecular flexibility index (Phi) is 4.04. The van der Waals surface area contributed by atoms with Crippen molar-refractivity contribution in [1.82, 2.24) is 15.0 Å². The van der Waals surface area contributed by atoms with E-state index < -0.39 is 0 Å². The Balaban J connectivity index is 1.61. The third-order valence-electron chi connectivity index (χ3n) is 4.79. The molecule has 1 unspecified atom stereocenters. The maximum Gasteiger partial charge on any atom is 0.254 e. The molecule has 0 radical (unpaired) electrons. The fourth-order valence-electron chi connectivity index (χ4n) is 3.26. The van der Waals surface area contributed by atoms with Crippen molar-refractivity contribution < 1.29 is 13.7 Å². The van der Waals surface area contributed by atoms with Crippen LogP contribution in [0.4, 0.5) is 4.39 Å². The van der Waals surface area contributed by atoms with Crippen molar-refractivity contribution in [2.75, 3.05) is 6.54 Å². The molecule has 1 aromatic carbocycles. The highest BCUT2D eigenvalue weighted by Gasteiger charge is 2.34. The van der Waals surface area contributed by atoms with Gasteiger partial charge in [-0.25, -0.2) is 4.39 Å². The Morgan fingerprint density at radius 2 is 1.92 bits per heavy atom. The van der Waals surface area contributed by atoms with Crippen LogP contribution in [0.1, 0.15) is 72.6 Å². The van der Waals surface area contributed by atoms with Gasteiger partial charge in [-0.3, -0.25) is 4.79 Å². The van der Waals surface area contributed by atoms with Gasteiger partial charge < -0.3 is 9.42 Å². The smallest absolute Gasteiger partial charge is 0.254 e. The van der Waals surface area contributed by atoms with Gasteiger partial charge in [0.15, 0.2) is 5.82 Å². The van der Waals surface area contributed by atoms with E-state index in [1.807, 2.05) is 4.90 Å². The molecule has 0 spiro atoms. The predicted octanol–water partition coefficient (Wildman–Crippen LogP) is 3.84. The van der Waals surface area contributed by atoms with E-state index in [1.165, 1.54) is 24.3 Å². The number of halogens is 1. The summed E-state index contributed by atoms with van der Waals surface area (Å²) in [6.07, 6.45) is 6.10. The molecule has 1 saturated carbocycles. The summed E-state index contributed by atoms with van der Waals surface area (Å²) >= 11 is 0. The highest BCUT2D eigenvalue weighted by Crippen LogP contribution is 2.39. The second-order valence-corrected chi connectivity index (χ2v) is 6.64. The number of aromatic nitrogens is 2. The molecular weight excluding hydrogens is 309 g/mol. The van der Waals surface area contributed by atoms with Crippen molar-refractivity contribution in [2.45, 2.75) is 50.5 Å². The fraction of sp³-hybridized carbons (Fsp3) is 0.500. The summed E-state index contributed by atoms with van der Waals surface area (Å²) in [4.78, 5) is 19.3. The average molecular weight is 329 g/mol. The molecule has 2 aromatic rings. The lowest BCUT2D eigenvalue weighted by molar-refractivity contribution is 0.0644. The van der Waals surface area contributed by atoms with Crippen LogP contribution >= 0.6 is 0 Å². The Hall–Kier alpha value is -2.24. The average Bonchev–Trinajstić information content (AvgIpc) is 3.38. The molecule has 1 saturated heterocycles. The second-order valence-electron chi connectivity index (χ2n) is 6.64. The van der Waals surface area contributed by atoms with Crippen LogP contribution in [0.3, 0.4) is 0 Å². The summed E-state index contributed by atoms with van der Waals surface area (Å²) < 4.78 is 18.6. The number of amides is 1. The summed E-state index contributed by atoms with van der Waals surface area (Å²) in [5.74, 6) is 1.28. The summed E-state index contributed by atoms with van der Waals surface area (Å²) in [6, 6.07) is 5.51. The highest BCUT2D eigenvalue weighted by atomic mass is 19.1. The van der Waals surface area contributed by atoms with Crippen molar-refractivity contribution in [3.8, 4) is 0 Å². The molecule has 2 heterocycles. The summed E-state index contributed by atoms with van der Waals surface area (Å²) in [5, 5.41) is 4.09. The van der Waals surface area contributed by atoms with Gasteiger partial charge in [-0.15, -0.1) is 0 Å². The van der Waals surface area contributed by atoms with Crippen LogP contribution in [-0.4, -0.2) is 27.5 Å². The molecule has 2 aliphatic rings. The molecule has 126 valence electrons. The van der Waals surface area contributed by atoms with Gasteiger partial charge in [0.25, 0.3) is 5.91 Å². The standard InChI is InChI=1S/C18H20FN3O2/c19-14-9-7-13(8-10-14)18(23)22-11-3-1-2-4-15(22)17-20-16(21-24-17)12-5-6-12/h7-10,12,15H,1-6,11H2. The van der Waals surface area contributed by atoms with E-state index in [0.29, 0.717) is 23.9 Å². The first-order valence-electron chi connectivity index (χ1n) is 8.62. The van der Waals surface area contributed by atoms with Crippen molar-refractivity contribution in [3.05, 3.63) is 47.4 Å². The van der Waals surface area contributed by atoms with Crippen LogP contribution in [0.25, 0.3) is 0 Å². The number of hydrogen-bond acceptors (Lipinski definition) is 4. The molecular formula is C18H20FN3O2. The molecule has 4 rings (SSSR count). The number of rotatable bonds is 3. The summed E-state index contributed by atoms with van der Waals surface area (Å²) in [6.45, 7) is 0.655. The largest absolute Gasteiger partial charge is 0.337 e. The molecule has 6 heteroatoms. The minimum Gasteiger partial charge on any atom is -0.337 e. The maximum absolute atomic E-state index is 13.1. The number of benzene rings is 1. The molecule has 1 atom stereocenters. The zero-order valence-corrected chi connectivity index (χ0v) is 13.4. The van der Waals surface area contributed by atoms with Gasteiger partial charge >= 0.3 is 0 Å². The van der Waals surface area contributed by atoms with E-state index in [4.69, 9.17) is 4.52 Å². The van der Waals surface area contributed by atoms with Crippen LogP contribution in [-0.2, 0) is 0 Å². The van der Waals surface area contributed by atoms with Gasteiger partial charge in [0.1, 0.15) is 11.9 Å². The predicted molar refractivity (Wildman–Crippen MR) is 84.9 cm³/mol. The zero-order chi connectivity index (χ0) is 16.5. The van der Waals surface area contributed by atoms with Crippen LogP contribution < -0.4 is 0 Å². The normalized spacial score (nSPS) is 21.5. The van der Waals surface area contributed by atoms with Crippen LogP contribution in [0.15, 0.2) is 28.8 Å². The minimum atomic E-state index is -0.343. The Labute approximate surface area is 139 Å². The van der Waals surface area contributed by atoms with Crippen molar-refractivity contribution in [1.29, 1.82) is 0 Å². The number of carbonyl (C=O) groups is 1. The number of likely N-dealkylation sites (tertiary alicyclic amines) is 1. The molecule has 0 N–H and O–H groups in total. The van der Waals surface area contributed by atoms with E-state index >= 15 is 0 Å². The molecule has 0 bridgehead atoms.